The molecule has 0 aromatic rings. The highest BCUT2D eigenvalue weighted by atomic mass is 16.2. The van der Waals surface area contributed by atoms with Gasteiger partial charge < -0.3 is 15.5 Å². The van der Waals surface area contributed by atoms with E-state index in [9.17, 15) is 9.59 Å². The summed E-state index contributed by atoms with van der Waals surface area (Å²) in [6.07, 6.45) is 2.60. The van der Waals surface area contributed by atoms with Gasteiger partial charge in [0.15, 0.2) is 0 Å². The topological polar surface area (TPSA) is 64.7 Å². The lowest BCUT2D eigenvalue weighted by molar-refractivity contribution is -0.130. The van der Waals surface area contributed by atoms with E-state index in [4.69, 9.17) is 0 Å². The maximum absolute atomic E-state index is 11.6. The van der Waals surface area contributed by atoms with Crippen LogP contribution >= 0.6 is 0 Å². The van der Waals surface area contributed by atoms with Crippen LogP contribution in [0.15, 0.2) is 0 Å². The molecule has 0 atom stereocenters. The molecule has 1 heterocycles. The number of amides is 2. The van der Waals surface area contributed by atoms with Gasteiger partial charge in [-0.3, -0.25) is 14.5 Å². The number of carbonyl (C=O) groups is 2. The third-order valence-corrected chi connectivity index (χ3v) is 3.51. The highest BCUT2D eigenvalue weighted by Crippen LogP contribution is 2.10. The van der Waals surface area contributed by atoms with Crippen molar-refractivity contribution in [3.8, 4) is 0 Å². The van der Waals surface area contributed by atoms with Gasteiger partial charge in [-0.15, -0.1) is 0 Å². The fourth-order valence-corrected chi connectivity index (χ4v) is 2.14. The molecule has 1 aliphatic rings. The van der Waals surface area contributed by atoms with Crippen molar-refractivity contribution in [1.82, 2.24) is 20.4 Å². The maximum Gasteiger partial charge on any atom is 0.236 e. The van der Waals surface area contributed by atoms with E-state index in [1.54, 1.807) is 26.0 Å². The van der Waals surface area contributed by atoms with Crippen molar-refractivity contribution in [3.63, 3.8) is 0 Å². The summed E-state index contributed by atoms with van der Waals surface area (Å²) in [4.78, 5) is 26.5. The van der Waals surface area contributed by atoms with Crippen LogP contribution in [0, 0.1) is 0 Å². The summed E-state index contributed by atoms with van der Waals surface area (Å²) in [6, 6.07) is 0.468. The van der Waals surface area contributed by atoms with Crippen molar-refractivity contribution in [2.24, 2.45) is 0 Å². The van der Waals surface area contributed by atoms with Crippen LogP contribution in [-0.4, -0.2) is 75.0 Å². The normalized spacial score (nSPS) is 17.2. The monoisotopic (exact) mass is 270 g/mol. The Morgan fingerprint density at radius 2 is 1.89 bits per heavy atom. The zero-order valence-corrected chi connectivity index (χ0v) is 12.2. The first-order valence-electron chi connectivity index (χ1n) is 6.89. The van der Waals surface area contributed by atoms with Crippen molar-refractivity contribution >= 4 is 11.8 Å². The van der Waals surface area contributed by atoms with Gasteiger partial charge >= 0.3 is 0 Å². The highest BCUT2D eigenvalue weighted by Gasteiger charge is 2.20. The molecule has 0 saturated carbocycles. The summed E-state index contributed by atoms with van der Waals surface area (Å²) in [5.41, 5.74) is 0. The van der Waals surface area contributed by atoms with Gasteiger partial charge in [-0.05, 0) is 12.8 Å². The molecule has 0 radical (unpaired) electrons. The van der Waals surface area contributed by atoms with E-state index in [1.165, 1.54) is 0 Å². The van der Waals surface area contributed by atoms with Gasteiger partial charge in [0.05, 0.1) is 6.54 Å². The largest absolute Gasteiger partial charge is 0.359 e. The number of hydrogen-bond acceptors (Lipinski definition) is 4. The molecule has 0 bridgehead atoms. The van der Waals surface area contributed by atoms with Crippen molar-refractivity contribution in [2.75, 3.05) is 47.3 Å². The summed E-state index contributed by atoms with van der Waals surface area (Å²) < 4.78 is 0. The number of carbonyl (C=O) groups excluding carboxylic acids is 2. The molecule has 0 aromatic carbocycles. The molecular weight excluding hydrogens is 244 g/mol. The SMILES string of the molecule is CNC(=O)CCNC1CCN(CC(=O)N(C)C)CC1. The predicted octanol–water partition coefficient (Wildman–Crippen LogP) is -0.735. The Balaban J connectivity index is 2.15. The van der Waals surface area contributed by atoms with E-state index >= 15 is 0 Å². The van der Waals surface area contributed by atoms with Gasteiger partial charge in [-0.1, -0.05) is 0 Å². The van der Waals surface area contributed by atoms with Crippen LogP contribution in [0.2, 0.25) is 0 Å². The van der Waals surface area contributed by atoms with E-state index < -0.39 is 0 Å². The van der Waals surface area contributed by atoms with Crippen molar-refractivity contribution in [3.05, 3.63) is 0 Å². The maximum atomic E-state index is 11.6. The van der Waals surface area contributed by atoms with Gasteiger partial charge in [0, 0.05) is 53.2 Å². The molecule has 6 heteroatoms. The first kappa shape index (κ1) is 15.9. The predicted molar refractivity (Wildman–Crippen MR) is 74.8 cm³/mol. The first-order valence-corrected chi connectivity index (χ1v) is 6.89. The van der Waals surface area contributed by atoms with E-state index in [0.717, 1.165) is 32.5 Å². The second kappa shape index (κ2) is 8.12. The van der Waals surface area contributed by atoms with E-state index in [-0.39, 0.29) is 11.8 Å². The number of hydrogen-bond donors (Lipinski definition) is 2. The number of likely N-dealkylation sites (N-methyl/N-ethyl adjacent to an activating group) is 1. The van der Waals surface area contributed by atoms with E-state index in [1.807, 2.05) is 0 Å². The molecule has 19 heavy (non-hydrogen) atoms. The number of piperidine rings is 1. The molecule has 0 aliphatic carbocycles. The molecular formula is C13H26N4O2. The van der Waals surface area contributed by atoms with Gasteiger partial charge in [0.2, 0.25) is 11.8 Å². The molecule has 110 valence electrons. The first-order chi connectivity index (χ1) is 9.02. The van der Waals surface area contributed by atoms with Gasteiger partial charge in [0.1, 0.15) is 0 Å². The Morgan fingerprint density at radius 1 is 1.26 bits per heavy atom. The summed E-state index contributed by atoms with van der Waals surface area (Å²) >= 11 is 0. The lowest BCUT2D eigenvalue weighted by Gasteiger charge is -2.32. The lowest BCUT2D eigenvalue weighted by Crippen LogP contribution is -2.46. The number of likely N-dealkylation sites (tertiary alicyclic amines) is 1. The average molecular weight is 270 g/mol. The average Bonchev–Trinajstić information content (AvgIpc) is 2.40. The zero-order valence-electron chi connectivity index (χ0n) is 12.2. The number of rotatable bonds is 6. The second-order valence-electron chi connectivity index (χ2n) is 5.22. The zero-order chi connectivity index (χ0) is 14.3. The van der Waals surface area contributed by atoms with Gasteiger partial charge in [-0.2, -0.15) is 0 Å². The highest BCUT2D eigenvalue weighted by molar-refractivity contribution is 5.77. The summed E-state index contributed by atoms with van der Waals surface area (Å²) in [5.74, 6) is 0.229. The Hall–Kier alpha value is -1.14. The van der Waals surface area contributed by atoms with Crippen molar-refractivity contribution in [2.45, 2.75) is 25.3 Å². The fraction of sp³-hybridized carbons (Fsp3) is 0.846. The van der Waals surface area contributed by atoms with Gasteiger partial charge in [0.25, 0.3) is 0 Å². The fourth-order valence-electron chi connectivity index (χ4n) is 2.14. The molecule has 6 nitrogen and oxygen atoms in total. The van der Waals surface area contributed by atoms with E-state index in [2.05, 4.69) is 15.5 Å². The minimum atomic E-state index is 0.0708. The molecule has 1 aliphatic heterocycles. The Kier molecular flexibility index (Phi) is 6.80. The van der Waals surface area contributed by atoms with Gasteiger partial charge in [-0.25, -0.2) is 0 Å². The van der Waals surface area contributed by atoms with Crippen LogP contribution in [0.3, 0.4) is 0 Å². The molecule has 0 aromatic heterocycles. The summed E-state index contributed by atoms with van der Waals surface area (Å²) in [7, 11) is 5.23. The molecule has 0 spiro atoms. The third kappa shape index (κ3) is 6.02. The number of nitrogens with one attached hydrogen (secondary N) is 2. The third-order valence-electron chi connectivity index (χ3n) is 3.51. The summed E-state index contributed by atoms with van der Waals surface area (Å²) in [6.45, 7) is 3.12. The van der Waals surface area contributed by atoms with Crippen LogP contribution in [0.5, 0.6) is 0 Å². The summed E-state index contributed by atoms with van der Waals surface area (Å²) in [5, 5.41) is 6.01. The molecule has 1 saturated heterocycles. The second-order valence-corrected chi connectivity index (χ2v) is 5.22. The van der Waals surface area contributed by atoms with Crippen LogP contribution < -0.4 is 10.6 Å². The Morgan fingerprint density at radius 3 is 2.42 bits per heavy atom. The Labute approximate surface area is 115 Å². The van der Waals surface area contributed by atoms with E-state index in [0.29, 0.717) is 19.0 Å². The molecule has 1 fully saturated rings. The van der Waals surface area contributed by atoms with Crippen LogP contribution in [0.4, 0.5) is 0 Å². The van der Waals surface area contributed by atoms with Crippen LogP contribution in [0.25, 0.3) is 0 Å². The molecule has 1 rings (SSSR count). The lowest BCUT2D eigenvalue weighted by atomic mass is 10.0. The van der Waals surface area contributed by atoms with Crippen molar-refractivity contribution < 1.29 is 9.59 Å². The smallest absolute Gasteiger partial charge is 0.236 e. The minimum absolute atomic E-state index is 0.0708. The molecule has 0 unspecified atom stereocenters. The quantitative estimate of drug-likeness (QED) is 0.667. The van der Waals surface area contributed by atoms with Crippen molar-refractivity contribution in [1.29, 1.82) is 0 Å². The molecule has 2 amide bonds. The standard InChI is InChI=1S/C13H26N4O2/c1-14-12(18)4-7-15-11-5-8-17(9-6-11)10-13(19)16(2)3/h11,15H,4-10H2,1-3H3,(H,14,18). The Bertz CT molecular complexity index is 299. The van der Waals surface area contributed by atoms with Crippen LogP contribution in [-0.2, 0) is 9.59 Å². The minimum Gasteiger partial charge on any atom is -0.359 e. The number of nitrogens with zero attached hydrogens (tertiary/aromatic N) is 2. The molecule has 2 N–H and O–H groups in total. The van der Waals surface area contributed by atoms with Crippen LogP contribution in [0.1, 0.15) is 19.3 Å².